The Morgan fingerprint density at radius 3 is 2.89 bits per heavy atom. The molecule has 19 heavy (non-hydrogen) atoms. The average Bonchev–Trinajstić information content (AvgIpc) is 2.87. The van der Waals surface area contributed by atoms with E-state index >= 15 is 0 Å². The Bertz CT molecular complexity index is 428. The molecule has 4 atom stereocenters. The maximum atomic E-state index is 4.42. The van der Waals surface area contributed by atoms with Crippen LogP contribution in [0.15, 0.2) is 24.4 Å². The number of aromatic nitrogens is 1. The number of hydrogen-bond acceptors (Lipinski definition) is 2. The Hall–Kier alpha value is -0.890. The smallest absolute Gasteiger partial charge is 0.0541 e. The Morgan fingerprint density at radius 2 is 2.26 bits per heavy atom. The summed E-state index contributed by atoms with van der Waals surface area (Å²) in [4.78, 5) is 4.42. The Balaban J connectivity index is 1.67. The first-order chi connectivity index (χ1) is 9.11. The van der Waals surface area contributed by atoms with Gasteiger partial charge in [-0.2, -0.15) is 0 Å². The summed E-state index contributed by atoms with van der Waals surface area (Å²) >= 11 is 0. The highest BCUT2D eigenvalue weighted by Crippen LogP contribution is 2.60. The Labute approximate surface area is 117 Å². The third-order valence-corrected chi connectivity index (χ3v) is 5.63. The SMILES string of the molecule is CC(C)[C@@H]1C2CCC1(C)[C@@H](NCc1ccccn1)C2. The molecule has 2 aliphatic carbocycles. The number of nitrogens with zero attached hydrogens (tertiary/aromatic N) is 1. The number of rotatable bonds is 4. The molecule has 1 aromatic heterocycles. The minimum atomic E-state index is 0.508. The lowest BCUT2D eigenvalue weighted by molar-refractivity contribution is 0.156. The molecule has 0 radical (unpaired) electrons. The topological polar surface area (TPSA) is 24.9 Å². The largest absolute Gasteiger partial charge is 0.308 e. The molecule has 1 aromatic rings. The van der Waals surface area contributed by atoms with Crippen molar-refractivity contribution >= 4 is 0 Å². The second-order valence-corrected chi connectivity index (χ2v) is 7.06. The molecule has 0 saturated heterocycles. The van der Waals surface area contributed by atoms with Crippen LogP contribution in [0.1, 0.15) is 45.7 Å². The van der Waals surface area contributed by atoms with E-state index in [2.05, 4.69) is 43.2 Å². The van der Waals surface area contributed by atoms with Gasteiger partial charge in [-0.15, -0.1) is 0 Å². The maximum absolute atomic E-state index is 4.42. The molecule has 2 aliphatic rings. The number of nitrogens with one attached hydrogen (secondary N) is 1. The lowest BCUT2D eigenvalue weighted by Crippen LogP contribution is -2.42. The molecule has 2 bridgehead atoms. The van der Waals surface area contributed by atoms with E-state index in [-0.39, 0.29) is 0 Å². The summed E-state index contributed by atoms with van der Waals surface area (Å²) in [5.41, 5.74) is 1.67. The summed E-state index contributed by atoms with van der Waals surface area (Å²) in [6.45, 7) is 8.24. The fourth-order valence-corrected chi connectivity index (χ4v) is 4.98. The fraction of sp³-hybridized carbons (Fsp3) is 0.706. The molecule has 2 nitrogen and oxygen atoms in total. The summed E-state index contributed by atoms with van der Waals surface area (Å²) in [7, 11) is 0. The van der Waals surface area contributed by atoms with Crippen molar-refractivity contribution < 1.29 is 0 Å². The lowest BCUT2D eigenvalue weighted by Gasteiger charge is -2.36. The average molecular weight is 258 g/mol. The highest BCUT2D eigenvalue weighted by atomic mass is 15.0. The van der Waals surface area contributed by atoms with Crippen LogP contribution in [0.5, 0.6) is 0 Å². The first-order valence-electron chi connectivity index (χ1n) is 7.74. The molecule has 2 heteroatoms. The zero-order valence-corrected chi connectivity index (χ0v) is 12.4. The molecule has 0 amide bonds. The van der Waals surface area contributed by atoms with E-state index in [1.807, 2.05) is 12.3 Å². The van der Waals surface area contributed by atoms with Crippen LogP contribution in [0.25, 0.3) is 0 Å². The van der Waals surface area contributed by atoms with Gasteiger partial charge in [0.1, 0.15) is 0 Å². The predicted octanol–water partition coefficient (Wildman–Crippen LogP) is 3.63. The summed E-state index contributed by atoms with van der Waals surface area (Å²) in [6, 6.07) is 6.85. The Morgan fingerprint density at radius 1 is 1.42 bits per heavy atom. The van der Waals surface area contributed by atoms with Gasteiger partial charge in [-0.05, 0) is 54.6 Å². The highest BCUT2D eigenvalue weighted by molar-refractivity contribution is 5.10. The van der Waals surface area contributed by atoms with Crippen molar-refractivity contribution in [1.82, 2.24) is 10.3 Å². The van der Waals surface area contributed by atoms with Gasteiger partial charge in [-0.1, -0.05) is 26.8 Å². The van der Waals surface area contributed by atoms with Gasteiger partial charge in [0.05, 0.1) is 5.69 Å². The second kappa shape index (κ2) is 4.90. The molecule has 104 valence electrons. The third kappa shape index (κ3) is 2.20. The van der Waals surface area contributed by atoms with Crippen molar-refractivity contribution in [2.75, 3.05) is 0 Å². The van der Waals surface area contributed by atoms with E-state index in [9.17, 15) is 0 Å². The molecule has 1 N–H and O–H groups in total. The van der Waals surface area contributed by atoms with Crippen LogP contribution >= 0.6 is 0 Å². The van der Waals surface area contributed by atoms with Gasteiger partial charge >= 0.3 is 0 Å². The standard InChI is InChI=1S/C17H26N2/c1-12(2)16-13-7-8-17(16,3)15(10-13)19-11-14-6-4-5-9-18-14/h4-6,9,12-13,15-16,19H,7-8,10-11H2,1-3H3/t13?,15-,16+,17?/m0/s1. The molecule has 0 spiro atoms. The van der Waals surface area contributed by atoms with E-state index in [1.165, 1.54) is 19.3 Å². The third-order valence-electron chi connectivity index (χ3n) is 5.63. The van der Waals surface area contributed by atoms with Crippen LogP contribution in [-0.4, -0.2) is 11.0 Å². The zero-order valence-electron chi connectivity index (χ0n) is 12.4. The first-order valence-corrected chi connectivity index (χ1v) is 7.74. The van der Waals surface area contributed by atoms with Crippen LogP contribution in [0, 0.1) is 23.2 Å². The van der Waals surface area contributed by atoms with Gasteiger partial charge in [0.15, 0.2) is 0 Å². The van der Waals surface area contributed by atoms with E-state index in [0.717, 1.165) is 30.0 Å². The second-order valence-electron chi connectivity index (χ2n) is 7.06. The van der Waals surface area contributed by atoms with E-state index in [1.54, 1.807) is 0 Å². The molecule has 0 aromatic carbocycles. The summed E-state index contributed by atoms with van der Waals surface area (Å²) in [6.07, 6.45) is 6.10. The molecule has 2 saturated carbocycles. The first kappa shape index (κ1) is 13.1. The minimum absolute atomic E-state index is 0.508. The van der Waals surface area contributed by atoms with Crippen molar-refractivity contribution in [3.8, 4) is 0 Å². The van der Waals surface area contributed by atoms with E-state index < -0.39 is 0 Å². The minimum Gasteiger partial charge on any atom is -0.308 e. The number of hydrogen-bond donors (Lipinski definition) is 1. The monoisotopic (exact) mass is 258 g/mol. The van der Waals surface area contributed by atoms with Crippen molar-refractivity contribution in [2.45, 2.75) is 52.6 Å². The summed E-state index contributed by atoms with van der Waals surface area (Å²) in [5, 5.41) is 3.79. The van der Waals surface area contributed by atoms with Crippen LogP contribution in [0.4, 0.5) is 0 Å². The normalized spacial score (nSPS) is 37.2. The Kier molecular flexibility index (Phi) is 3.38. The van der Waals surface area contributed by atoms with Crippen LogP contribution < -0.4 is 5.32 Å². The van der Waals surface area contributed by atoms with Crippen molar-refractivity contribution in [2.24, 2.45) is 23.2 Å². The van der Waals surface area contributed by atoms with Gasteiger partial charge in [0, 0.05) is 18.8 Å². The van der Waals surface area contributed by atoms with Crippen molar-refractivity contribution in [3.05, 3.63) is 30.1 Å². The number of fused-ring (bicyclic) bond motifs is 2. The number of pyridine rings is 1. The van der Waals surface area contributed by atoms with E-state index in [4.69, 9.17) is 0 Å². The fourth-order valence-electron chi connectivity index (χ4n) is 4.98. The van der Waals surface area contributed by atoms with Gasteiger partial charge < -0.3 is 5.32 Å². The molecule has 0 aliphatic heterocycles. The molecular weight excluding hydrogens is 232 g/mol. The summed E-state index contributed by atoms with van der Waals surface area (Å²) in [5.74, 6) is 2.68. The molecule has 2 fully saturated rings. The zero-order chi connectivity index (χ0) is 13.5. The van der Waals surface area contributed by atoms with Crippen LogP contribution in [-0.2, 0) is 6.54 Å². The van der Waals surface area contributed by atoms with Crippen molar-refractivity contribution in [1.29, 1.82) is 0 Å². The molecule has 3 rings (SSSR count). The maximum Gasteiger partial charge on any atom is 0.0541 e. The van der Waals surface area contributed by atoms with Gasteiger partial charge in [-0.25, -0.2) is 0 Å². The summed E-state index contributed by atoms with van der Waals surface area (Å²) < 4.78 is 0. The predicted molar refractivity (Wildman–Crippen MR) is 78.6 cm³/mol. The van der Waals surface area contributed by atoms with Gasteiger partial charge in [0.25, 0.3) is 0 Å². The van der Waals surface area contributed by atoms with Gasteiger partial charge in [0.2, 0.25) is 0 Å². The van der Waals surface area contributed by atoms with Crippen LogP contribution in [0.3, 0.4) is 0 Å². The van der Waals surface area contributed by atoms with Crippen molar-refractivity contribution in [3.63, 3.8) is 0 Å². The molecule has 2 unspecified atom stereocenters. The molecule has 1 heterocycles. The highest BCUT2D eigenvalue weighted by Gasteiger charge is 2.56. The molecular formula is C17H26N2. The quantitative estimate of drug-likeness (QED) is 0.892. The lowest BCUT2D eigenvalue weighted by atomic mass is 9.73. The van der Waals surface area contributed by atoms with Gasteiger partial charge in [-0.3, -0.25) is 4.98 Å². The van der Waals surface area contributed by atoms with Crippen LogP contribution in [0.2, 0.25) is 0 Å². The van der Waals surface area contributed by atoms with E-state index in [0.29, 0.717) is 11.5 Å².